The molecular formula is C12H17NO3. The largest absolute Gasteiger partial charge is 0.508 e. The third-order valence-corrected chi connectivity index (χ3v) is 2.45. The number of phenols is 1. The Labute approximate surface area is 95.1 Å². The summed E-state index contributed by atoms with van der Waals surface area (Å²) in [4.78, 5) is 12.8. The molecule has 0 fully saturated rings. The van der Waals surface area contributed by atoms with Gasteiger partial charge in [-0.3, -0.25) is 4.79 Å². The molecule has 2 N–H and O–H groups in total. The summed E-state index contributed by atoms with van der Waals surface area (Å²) in [5, 5.41) is 19.0. The highest BCUT2D eigenvalue weighted by Crippen LogP contribution is 2.17. The maximum absolute atomic E-state index is 11.3. The first kappa shape index (κ1) is 12.5. The van der Waals surface area contributed by atoms with Crippen LogP contribution in [0.4, 0.5) is 0 Å². The number of aliphatic hydroxyl groups excluding tert-OH is 1. The smallest absolute Gasteiger partial charge is 0.222 e. The van der Waals surface area contributed by atoms with Gasteiger partial charge in [0.1, 0.15) is 5.75 Å². The number of hydrogen-bond donors (Lipinski definition) is 2. The van der Waals surface area contributed by atoms with Crippen LogP contribution < -0.4 is 0 Å². The first-order chi connectivity index (χ1) is 7.54. The molecule has 0 saturated carbocycles. The summed E-state index contributed by atoms with van der Waals surface area (Å²) in [5.41, 5.74) is 0.688. The fourth-order valence-electron chi connectivity index (χ4n) is 1.43. The minimum Gasteiger partial charge on any atom is -0.508 e. The van der Waals surface area contributed by atoms with Crippen LogP contribution in [0.25, 0.3) is 0 Å². The number of aromatic hydroxyl groups is 1. The van der Waals surface area contributed by atoms with E-state index in [1.807, 2.05) is 0 Å². The second-order valence-corrected chi connectivity index (χ2v) is 3.74. The predicted octanol–water partition coefficient (Wildman–Crippen LogP) is 1.29. The average Bonchev–Trinajstić information content (AvgIpc) is 2.28. The number of amides is 1. The van der Waals surface area contributed by atoms with E-state index in [0.29, 0.717) is 12.0 Å². The highest BCUT2D eigenvalue weighted by Gasteiger charge is 2.13. The van der Waals surface area contributed by atoms with E-state index in [9.17, 15) is 9.90 Å². The highest BCUT2D eigenvalue weighted by atomic mass is 16.3. The third-order valence-electron chi connectivity index (χ3n) is 2.45. The highest BCUT2D eigenvalue weighted by molar-refractivity contribution is 5.75. The Kier molecular flexibility index (Phi) is 4.31. The van der Waals surface area contributed by atoms with E-state index in [1.165, 1.54) is 17.0 Å². The van der Waals surface area contributed by atoms with Crippen LogP contribution in [-0.4, -0.2) is 34.6 Å². The molecule has 16 heavy (non-hydrogen) atoms. The lowest BCUT2D eigenvalue weighted by Gasteiger charge is -2.20. The lowest BCUT2D eigenvalue weighted by atomic mass is 10.1. The molecular weight excluding hydrogens is 206 g/mol. The van der Waals surface area contributed by atoms with Crippen molar-refractivity contribution in [2.24, 2.45) is 0 Å². The number of nitrogens with zero attached hydrogens (tertiary/aromatic N) is 1. The van der Waals surface area contributed by atoms with Crippen molar-refractivity contribution in [3.8, 4) is 5.75 Å². The van der Waals surface area contributed by atoms with Crippen molar-refractivity contribution in [2.75, 3.05) is 13.6 Å². The maximum Gasteiger partial charge on any atom is 0.222 e. The van der Waals surface area contributed by atoms with Gasteiger partial charge in [-0.15, -0.1) is 0 Å². The van der Waals surface area contributed by atoms with Crippen LogP contribution in [0.1, 0.15) is 25.0 Å². The van der Waals surface area contributed by atoms with Crippen LogP contribution in [0.2, 0.25) is 0 Å². The molecule has 1 rings (SSSR count). The molecule has 4 nitrogen and oxygen atoms in total. The van der Waals surface area contributed by atoms with Crippen molar-refractivity contribution < 1.29 is 15.0 Å². The van der Waals surface area contributed by atoms with Gasteiger partial charge in [0, 0.05) is 13.5 Å². The molecule has 0 spiro atoms. The fourth-order valence-corrected chi connectivity index (χ4v) is 1.43. The van der Waals surface area contributed by atoms with E-state index in [4.69, 9.17) is 5.11 Å². The van der Waals surface area contributed by atoms with Crippen molar-refractivity contribution >= 4 is 5.91 Å². The summed E-state index contributed by atoms with van der Waals surface area (Å²) in [7, 11) is 1.66. The number of likely N-dealkylation sites (N-methyl/N-ethyl adjacent to an activating group) is 1. The lowest BCUT2D eigenvalue weighted by molar-refractivity contribution is -0.130. The summed E-state index contributed by atoms with van der Waals surface area (Å²) in [5.74, 6) is 0.159. The first-order valence-corrected chi connectivity index (χ1v) is 5.25. The zero-order valence-corrected chi connectivity index (χ0v) is 9.55. The van der Waals surface area contributed by atoms with Crippen molar-refractivity contribution in [3.05, 3.63) is 29.8 Å². The van der Waals surface area contributed by atoms with E-state index in [0.717, 1.165) is 0 Å². The van der Waals surface area contributed by atoms with Crippen LogP contribution in [0, 0.1) is 0 Å². The Morgan fingerprint density at radius 3 is 2.44 bits per heavy atom. The zero-order chi connectivity index (χ0) is 12.1. The number of hydrogen-bond acceptors (Lipinski definition) is 3. The summed E-state index contributed by atoms with van der Waals surface area (Å²) in [6, 6.07) is 6.31. The van der Waals surface area contributed by atoms with Gasteiger partial charge < -0.3 is 15.1 Å². The second kappa shape index (κ2) is 5.51. The Bertz CT molecular complexity index is 348. The average molecular weight is 223 g/mol. The molecule has 0 aliphatic heterocycles. The van der Waals surface area contributed by atoms with Gasteiger partial charge in [0.25, 0.3) is 0 Å². The molecule has 0 saturated heterocycles. The summed E-state index contributed by atoms with van der Waals surface area (Å²) in [6.07, 6.45) is -0.292. The van der Waals surface area contributed by atoms with Crippen LogP contribution in [0.3, 0.4) is 0 Å². The van der Waals surface area contributed by atoms with Crippen molar-refractivity contribution in [2.45, 2.75) is 19.4 Å². The molecule has 1 atom stereocenters. The lowest BCUT2D eigenvalue weighted by Crippen LogP contribution is -2.30. The van der Waals surface area contributed by atoms with Gasteiger partial charge in [0.05, 0.1) is 12.6 Å². The molecule has 1 amide bonds. The van der Waals surface area contributed by atoms with Crippen LogP contribution in [0.15, 0.2) is 24.3 Å². The van der Waals surface area contributed by atoms with E-state index in [2.05, 4.69) is 0 Å². The molecule has 1 aromatic rings. The number of aliphatic hydroxyl groups is 1. The Balaban J connectivity index is 2.61. The first-order valence-electron chi connectivity index (χ1n) is 5.25. The van der Waals surface area contributed by atoms with Gasteiger partial charge in [-0.05, 0) is 17.7 Å². The molecule has 1 unspecified atom stereocenters. The molecule has 0 bridgehead atoms. The predicted molar refractivity (Wildman–Crippen MR) is 61.0 cm³/mol. The number of carbonyl (C=O) groups is 1. The van der Waals surface area contributed by atoms with E-state index < -0.39 is 6.10 Å². The molecule has 0 aliphatic carbocycles. The normalized spacial score (nSPS) is 12.2. The minimum atomic E-state index is -0.721. The monoisotopic (exact) mass is 223 g/mol. The van der Waals surface area contributed by atoms with Crippen LogP contribution in [-0.2, 0) is 4.79 Å². The number of benzene rings is 1. The molecule has 0 heterocycles. The fraction of sp³-hybridized carbons (Fsp3) is 0.417. The molecule has 1 aromatic carbocycles. The number of phenolic OH excluding ortho intramolecular Hbond substituents is 1. The van der Waals surface area contributed by atoms with Crippen molar-refractivity contribution in [1.29, 1.82) is 0 Å². The SMILES string of the molecule is CCC(=O)N(C)CC(O)c1ccc(O)cc1. The van der Waals surface area contributed by atoms with E-state index in [1.54, 1.807) is 26.1 Å². The Morgan fingerprint density at radius 2 is 1.94 bits per heavy atom. The van der Waals surface area contributed by atoms with Crippen molar-refractivity contribution in [1.82, 2.24) is 4.90 Å². The Morgan fingerprint density at radius 1 is 1.38 bits per heavy atom. The molecule has 0 aliphatic rings. The van der Waals surface area contributed by atoms with Gasteiger partial charge in [0.2, 0.25) is 5.91 Å². The number of rotatable bonds is 4. The zero-order valence-electron chi connectivity index (χ0n) is 9.55. The van der Waals surface area contributed by atoms with E-state index in [-0.39, 0.29) is 18.2 Å². The Hall–Kier alpha value is -1.55. The number of carbonyl (C=O) groups excluding carboxylic acids is 1. The van der Waals surface area contributed by atoms with Gasteiger partial charge >= 0.3 is 0 Å². The van der Waals surface area contributed by atoms with E-state index >= 15 is 0 Å². The topological polar surface area (TPSA) is 60.8 Å². The second-order valence-electron chi connectivity index (χ2n) is 3.74. The van der Waals surface area contributed by atoms with Gasteiger partial charge in [0.15, 0.2) is 0 Å². The third kappa shape index (κ3) is 3.24. The maximum atomic E-state index is 11.3. The quantitative estimate of drug-likeness (QED) is 0.808. The van der Waals surface area contributed by atoms with Crippen LogP contribution >= 0.6 is 0 Å². The summed E-state index contributed by atoms with van der Waals surface area (Å²) in [6.45, 7) is 2.04. The summed E-state index contributed by atoms with van der Waals surface area (Å²) < 4.78 is 0. The molecule has 0 aromatic heterocycles. The van der Waals surface area contributed by atoms with Gasteiger partial charge in [-0.1, -0.05) is 19.1 Å². The molecule has 0 radical (unpaired) electrons. The summed E-state index contributed by atoms with van der Waals surface area (Å²) >= 11 is 0. The molecule has 88 valence electrons. The van der Waals surface area contributed by atoms with Gasteiger partial charge in [-0.25, -0.2) is 0 Å². The van der Waals surface area contributed by atoms with Crippen LogP contribution in [0.5, 0.6) is 5.75 Å². The van der Waals surface area contributed by atoms with Gasteiger partial charge in [-0.2, -0.15) is 0 Å². The minimum absolute atomic E-state index is 0.00201. The van der Waals surface area contributed by atoms with Crippen molar-refractivity contribution in [3.63, 3.8) is 0 Å². The molecule has 4 heteroatoms. The standard InChI is InChI=1S/C12H17NO3/c1-3-12(16)13(2)8-11(15)9-4-6-10(14)7-5-9/h4-7,11,14-15H,3,8H2,1-2H3.